The number of halogens is 1. The van der Waals surface area contributed by atoms with Gasteiger partial charge >= 0.3 is 0 Å². The minimum absolute atomic E-state index is 0.500. The summed E-state index contributed by atoms with van der Waals surface area (Å²) in [5.41, 5.74) is 4.04. The average molecular weight is 340 g/mol. The number of hydrogen-bond acceptors (Lipinski definition) is 4. The fraction of sp³-hybridized carbons (Fsp3) is 0.111. The first-order valence-electron chi connectivity index (χ1n) is 7.20. The van der Waals surface area contributed by atoms with Gasteiger partial charge in [0.1, 0.15) is 0 Å². The van der Waals surface area contributed by atoms with Crippen molar-refractivity contribution in [1.82, 2.24) is 9.97 Å². The maximum absolute atomic E-state index is 9.50. The molecule has 2 aromatic heterocycles. The molecule has 0 atom stereocenters. The zero-order valence-corrected chi connectivity index (χ0v) is 14.0. The molecule has 0 amide bonds. The molecular weight excluding hydrogens is 323 g/mol. The smallest absolute Gasteiger partial charge is 0.0991 e. The van der Waals surface area contributed by atoms with Crippen LogP contribution in [0.15, 0.2) is 66.1 Å². The van der Waals surface area contributed by atoms with E-state index in [-0.39, 0.29) is 0 Å². The Labute approximate surface area is 144 Å². The third-order valence-corrected chi connectivity index (χ3v) is 4.14. The Hall–Kier alpha value is -2.78. The highest BCUT2D eigenvalue weighted by atomic mass is 32.2. The van der Waals surface area contributed by atoms with E-state index in [9.17, 15) is 4.39 Å². The van der Waals surface area contributed by atoms with Gasteiger partial charge in [-0.1, -0.05) is 6.07 Å². The van der Waals surface area contributed by atoms with Crippen molar-refractivity contribution in [2.45, 2.75) is 11.3 Å². The van der Waals surface area contributed by atoms with Crippen LogP contribution < -0.4 is 4.72 Å². The molecule has 122 valence electrons. The fourth-order valence-electron chi connectivity index (χ4n) is 2.06. The molecule has 1 aromatic carbocycles. The number of nitrogens with zero attached hydrogens (tertiary/aromatic N) is 2. The van der Waals surface area contributed by atoms with Gasteiger partial charge < -0.3 is 9.71 Å². The second kappa shape index (κ2) is 9.38. The zero-order valence-electron chi connectivity index (χ0n) is 13.2. The third-order valence-electron chi connectivity index (χ3n) is 3.20. The number of pyridine rings is 1. The van der Waals surface area contributed by atoms with Gasteiger partial charge in [0.25, 0.3) is 0 Å². The molecule has 0 saturated carbocycles. The lowest BCUT2D eigenvalue weighted by molar-refractivity contribution is 0.636. The summed E-state index contributed by atoms with van der Waals surface area (Å²) in [4.78, 5) is 8.44. The van der Waals surface area contributed by atoms with Gasteiger partial charge in [0.15, 0.2) is 0 Å². The van der Waals surface area contributed by atoms with Crippen molar-refractivity contribution in [3.63, 3.8) is 0 Å². The van der Waals surface area contributed by atoms with Gasteiger partial charge in [0, 0.05) is 41.8 Å². The van der Waals surface area contributed by atoms with Crippen LogP contribution >= 0.6 is 11.9 Å². The molecule has 24 heavy (non-hydrogen) atoms. The Morgan fingerprint density at radius 2 is 2.00 bits per heavy atom. The number of hydrogen-bond donors (Lipinski definition) is 2. The molecule has 0 fully saturated rings. The van der Waals surface area contributed by atoms with E-state index >= 15 is 0 Å². The lowest BCUT2D eigenvalue weighted by atomic mass is 10.1. The number of nitrogens with one attached hydrogen (secondary N) is 2. The van der Waals surface area contributed by atoms with Gasteiger partial charge in [0.05, 0.1) is 18.8 Å². The topological polar surface area (TPSA) is 64.5 Å². The van der Waals surface area contributed by atoms with Crippen molar-refractivity contribution < 1.29 is 4.39 Å². The summed E-state index contributed by atoms with van der Waals surface area (Å²) in [6.45, 7) is 0. The van der Waals surface area contributed by atoms with Crippen molar-refractivity contribution in [1.29, 1.82) is 5.26 Å². The second-order valence-electron chi connectivity index (χ2n) is 4.78. The van der Waals surface area contributed by atoms with Gasteiger partial charge in [-0.25, -0.2) is 0 Å². The fourth-order valence-corrected chi connectivity index (χ4v) is 2.82. The molecule has 0 aliphatic heterocycles. The quantitative estimate of drug-likeness (QED) is 0.667. The number of nitriles is 1. The number of aromatic amines is 1. The summed E-state index contributed by atoms with van der Waals surface area (Å²) in [6, 6.07) is 13.5. The van der Waals surface area contributed by atoms with Crippen LogP contribution in [0.2, 0.25) is 0 Å². The maximum atomic E-state index is 9.50. The summed E-state index contributed by atoms with van der Waals surface area (Å²) in [6.07, 6.45) is 8.50. The highest BCUT2D eigenvalue weighted by Crippen LogP contribution is 2.26. The molecule has 2 N–H and O–H groups in total. The lowest BCUT2D eigenvalue weighted by Gasteiger charge is -2.06. The highest BCUT2D eigenvalue weighted by molar-refractivity contribution is 8.00. The molecule has 0 aliphatic carbocycles. The van der Waals surface area contributed by atoms with Crippen molar-refractivity contribution in [2.75, 3.05) is 11.9 Å². The molecule has 2 heterocycles. The SMILES string of the molecule is CF.N#Cc1ccc(NSc2c[nH]cc2Cc2cccnc2)cc1. The van der Waals surface area contributed by atoms with E-state index < -0.39 is 0 Å². The maximum Gasteiger partial charge on any atom is 0.0991 e. The Morgan fingerprint density at radius 1 is 1.21 bits per heavy atom. The minimum atomic E-state index is 0.500. The van der Waals surface area contributed by atoms with Crippen molar-refractivity contribution in [2.24, 2.45) is 0 Å². The van der Waals surface area contributed by atoms with Crippen molar-refractivity contribution in [3.8, 4) is 6.07 Å². The van der Waals surface area contributed by atoms with E-state index in [1.54, 1.807) is 30.3 Å². The van der Waals surface area contributed by atoms with Crippen LogP contribution in [0.4, 0.5) is 10.1 Å². The average Bonchev–Trinajstić information content (AvgIpc) is 3.10. The van der Waals surface area contributed by atoms with Crippen LogP contribution in [-0.4, -0.2) is 17.1 Å². The number of alkyl halides is 1. The predicted molar refractivity (Wildman–Crippen MR) is 95.5 cm³/mol. The molecule has 4 nitrogen and oxygen atoms in total. The van der Waals surface area contributed by atoms with Crippen molar-refractivity contribution in [3.05, 3.63) is 77.9 Å². The number of anilines is 1. The summed E-state index contributed by atoms with van der Waals surface area (Å²) in [5.74, 6) is 0. The van der Waals surface area contributed by atoms with Crippen LogP contribution in [0.5, 0.6) is 0 Å². The first kappa shape index (κ1) is 17.6. The van der Waals surface area contributed by atoms with E-state index in [1.807, 2.05) is 36.8 Å². The zero-order chi connectivity index (χ0) is 17.2. The lowest BCUT2D eigenvalue weighted by Crippen LogP contribution is -1.91. The number of benzene rings is 1. The molecular formula is C18H17FN4S. The second-order valence-corrected chi connectivity index (χ2v) is 5.62. The molecule has 0 spiro atoms. The summed E-state index contributed by atoms with van der Waals surface area (Å²) >= 11 is 1.55. The molecule has 3 rings (SSSR count). The van der Waals surface area contributed by atoms with Crippen molar-refractivity contribution >= 4 is 17.6 Å². The van der Waals surface area contributed by atoms with Gasteiger partial charge in [-0.05, 0) is 53.4 Å². The number of H-pyrrole nitrogens is 1. The van der Waals surface area contributed by atoms with Crippen LogP contribution in [0, 0.1) is 11.3 Å². The van der Waals surface area contributed by atoms with Crippen LogP contribution in [0.25, 0.3) is 0 Å². The molecule has 0 saturated heterocycles. The van der Waals surface area contributed by atoms with Gasteiger partial charge in [-0.15, -0.1) is 0 Å². The van der Waals surface area contributed by atoms with Gasteiger partial charge in [0.2, 0.25) is 0 Å². The summed E-state index contributed by atoms with van der Waals surface area (Å²) in [7, 11) is 0.500. The Morgan fingerprint density at radius 3 is 2.67 bits per heavy atom. The molecule has 0 aliphatic rings. The summed E-state index contributed by atoms with van der Waals surface area (Å²) in [5, 5.41) is 8.80. The normalized spacial score (nSPS) is 9.54. The largest absolute Gasteiger partial charge is 0.366 e. The van der Waals surface area contributed by atoms with E-state index in [1.165, 1.54) is 11.1 Å². The Kier molecular flexibility index (Phi) is 6.87. The molecule has 3 aromatic rings. The van der Waals surface area contributed by atoms with E-state index in [2.05, 4.69) is 26.8 Å². The number of aromatic nitrogens is 2. The predicted octanol–water partition coefficient (Wildman–Crippen LogP) is 4.58. The Bertz CT molecular complexity index is 779. The standard InChI is InChI=1S/C17H14N4S.CH3F/c18-9-13-3-5-16(6-4-13)21-22-17-12-20-11-15(17)8-14-2-1-7-19-10-14;1-2/h1-7,10-12,20-21H,8H2;1H3. The van der Waals surface area contributed by atoms with E-state index in [0.29, 0.717) is 12.7 Å². The van der Waals surface area contributed by atoms with Gasteiger partial charge in [-0.3, -0.25) is 9.37 Å². The van der Waals surface area contributed by atoms with E-state index in [0.717, 1.165) is 17.0 Å². The first-order valence-corrected chi connectivity index (χ1v) is 8.02. The van der Waals surface area contributed by atoms with Gasteiger partial charge in [-0.2, -0.15) is 5.26 Å². The molecule has 0 radical (unpaired) electrons. The first-order chi connectivity index (χ1) is 11.8. The molecule has 0 unspecified atom stereocenters. The molecule has 0 bridgehead atoms. The van der Waals surface area contributed by atoms with E-state index in [4.69, 9.17) is 5.26 Å². The van der Waals surface area contributed by atoms with Crippen LogP contribution in [-0.2, 0) is 6.42 Å². The minimum Gasteiger partial charge on any atom is -0.366 e. The molecule has 6 heteroatoms. The monoisotopic (exact) mass is 340 g/mol. The summed E-state index contributed by atoms with van der Waals surface area (Å²) < 4.78 is 12.8. The number of rotatable bonds is 5. The highest BCUT2D eigenvalue weighted by Gasteiger charge is 2.06. The Balaban J connectivity index is 0.00000100. The van der Waals surface area contributed by atoms with Crippen LogP contribution in [0.1, 0.15) is 16.7 Å². The van der Waals surface area contributed by atoms with Crippen LogP contribution in [0.3, 0.4) is 0 Å². The third kappa shape index (κ3) is 4.86.